The molecule has 0 spiro atoms. The van der Waals surface area contributed by atoms with Gasteiger partial charge in [-0.25, -0.2) is 9.59 Å². The highest BCUT2D eigenvalue weighted by Crippen LogP contribution is 2.29. The van der Waals surface area contributed by atoms with Gasteiger partial charge in [0.25, 0.3) is 0 Å². The molecule has 1 rings (SSSR count). The molecule has 0 saturated carbocycles. The van der Waals surface area contributed by atoms with E-state index >= 15 is 0 Å². The molecule has 0 aliphatic carbocycles. The fraction of sp³-hybridized carbons (Fsp3) is 0.846. The Hall–Kier alpha value is -1.26. The second-order valence-corrected chi connectivity index (χ2v) is 5.18. The van der Waals surface area contributed by atoms with Crippen LogP contribution in [0.25, 0.3) is 0 Å². The van der Waals surface area contributed by atoms with Gasteiger partial charge in [0, 0.05) is 12.6 Å². The first-order valence-corrected chi connectivity index (χ1v) is 6.77. The number of amides is 2. The minimum absolute atomic E-state index is 0.140. The summed E-state index contributed by atoms with van der Waals surface area (Å²) in [5, 5.41) is 12.2. The Balaban J connectivity index is 2.68. The van der Waals surface area contributed by atoms with Gasteiger partial charge >= 0.3 is 12.0 Å². The Morgan fingerprint density at radius 2 is 2.11 bits per heavy atom. The Bertz CT molecular complexity index is 319. The minimum Gasteiger partial charge on any atom is -0.480 e. The zero-order chi connectivity index (χ0) is 13.8. The van der Waals surface area contributed by atoms with Crippen LogP contribution in [-0.4, -0.2) is 40.1 Å². The van der Waals surface area contributed by atoms with Crippen LogP contribution in [0.2, 0.25) is 0 Å². The Morgan fingerprint density at radius 1 is 1.44 bits per heavy atom. The molecule has 18 heavy (non-hydrogen) atoms. The van der Waals surface area contributed by atoms with Crippen LogP contribution in [-0.2, 0) is 4.79 Å². The van der Waals surface area contributed by atoms with Gasteiger partial charge in [-0.05, 0) is 32.6 Å². The van der Waals surface area contributed by atoms with Crippen molar-refractivity contribution in [3.05, 3.63) is 0 Å². The maximum absolute atomic E-state index is 12.2. The lowest BCUT2D eigenvalue weighted by atomic mass is 9.99. The molecule has 0 aromatic rings. The minimum atomic E-state index is -1.05. The van der Waals surface area contributed by atoms with Crippen molar-refractivity contribution >= 4 is 12.0 Å². The number of aliphatic carboxylic acids is 1. The van der Waals surface area contributed by atoms with Gasteiger partial charge in [0.1, 0.15) is 5.54 Å². The fourth-order valence-electron chi connectivity index (χ4n) is 2.49. The Labute approximate surface area is 109 Å². The Kier molecular flexibility index (Phi) is 4.99. The normalized spacial score (nSPS) is 24.9. The van der Waals surface area contributed by atoms with E-state index in [0.29, 0.717) is 13.0 Å². The molecule has 1 aliphatic heterocycles. The van der Waals surface area contributed by atoms with Crippen molar-refractivity contribution in [1.29, 1.82) is 0 Å². The maximum atomic E-state index is 12.2. The van der Waals surface area contributed by atoms with Crippen LogP contribution in [0.3, 0.4) is 0 Å². The topological polar surface area (TPSA) is 69.6 Å². The molecule has 0 aromatic carbocycles. The van der Waals surface area contributed by atoms with Crippen molar-refractivity contribution in [1.82, 2.24) is 10.2 Å². The van der Waals surface area contributed by atoms with Crippen molar-refractivity contribution in [2.45, 2.75) is 64.5 Å². The SMILES string of the molecule is CCCC(CC)NC(=O)N1CCCC1(C)C(=O)O. The van der Waals surface area contributed by atoms with Gasteiger partial charge in [0.15, 0.2) is 0 Å². The molecule has 2 unspecified atom stereocenters. The van der Waals surface area contributed by atoms with E-state index in [9.17, 15) is 14.7 Å². The van der Waals surface area contributed by atoms with E-state index in [-0.39, 0.29) is 12.1 Å². The van der Waals surface area contributed by atoms with Gasteiger partial charge in [-0.15, -0.1) is 0 Å². The highest BCUT2D eigenvalue weighted by atomic mass is 16.4. The zero-order valence-corrected chi connectivity index (χ0v) is 11.5. The lowest BCUT2D eigenvalue weighted by Crippen LogP contribution is -2.55. The molecule has 2 amide bonds. The van der Waals surface area contributed by atoms with E-state index < -0.39 is 11.5 Å². The number of urea groups is 1. The zero-order valence-electron chi connectivity index (χ0n) is 11.5. The molecule has 1 aliphatic rings. The number of carbonyl (C=O) groups is 2. The second kappa shape index (κ2) is 6.07. The van der Waals surface area contributed by atoms with Crippen molar-refractivity contribution in [3.8, 4) is 0 Å². The number of nitrogens with one attached hydrogen (secondary N) is 1. The van der Waals surface area contributed by atoms with E-state index in [4.69, 9.17) is 0 Å². The largest absolute Gasteiger partial charge is 0.480 e. The molecule has 1 saturated heterocycles. The predicted octanol–water partition coefficient (Wildman–Crippen LogP) is 2.21. The summed E-state index contributed by atoms with van der Waals surface area (Å²) < 4.78 is 0. The number of hydrogen-bond acceptors (Lipinski definition) is 2. The fourth-order valence-corrected chi connectivity index (χ4v) is 2.49. The molecular formula is C13H24N2O3. The van der Waals surface area contributed by atoms with Crippen molar-refractivity contribution in [2.24, 2.45) is 0 Å². The van der Waals surface area contributed by atoms with Crippen LogP contribution in [0.1, 0.15) is 52.9 Å². The van der Waals surface area contributed by atoms with Gasteiger partial charge in [-0.2, -0.15) is 0 Å². The number of nitrogens with zero attached hydrogens (tertiary/aromatic N) is 1. The standard InChI is InChI=1S/C13H24N2O3/c1-4-7-10(5-2)14-12(18)15-9-6-8-13(15,3)11(16)17/h10H,4-9H2,1-3H3,(H,14,18)(H,16,17). The second-order valence-electron chi connectivity index (χ2n) is 5.18. The van der Waals surface area contributed by atoms with E-state index in [0.717, 1.165) is 25.7 Å². The van der Waals surface area contributed by atoms with Gasteiger partial charge in [0.05, 0.1) is 0 Å². The molecule has 0 radical (unpaired) electrons. The smallest absolute Gasteiger partial charge is 0.329 e. The molecule has 0 aromatic heterocycles. The van der Waals surface area contributed by atoms with E-state index in [1.54, 1.807) is 6.92 Å². The van der Waals surface area contributed by atoms with E-state index in [2.05, 4.69) is 12.2 Å². The van der Waals surface area contributed by atoms with Crippen LogP contribution < -0.4 is 5.32 Å². The van der Waals surface area contributed by atoms with Gasteiger partial charge in [-0.3, -0.25) is 0 Å². The van der Waals surface area contributed by atoms with Gasteiger partial charge in [-0.1, -0.05) is 20.3 Å². The molecule has 2 atom stereocenters. The molecule has 0 bridgehead atoms. The third kappa shape index (κ3) is 2.94. The van der Waals surface area contributed by atoms with E-state index in [1.807, 2.05) is 6.92 Å². The van der Waals surface area contributed by atoms with Crippen LogP contribution in [0, 0.1) is 0 Å². The van der Waals surface area contributed by atoms with Crippen LogP contribution in [0.4, 0.5) is 4.79 Å². The van der Waals surface area contributed by atoms with Crippen molar-refractivity contribution in [3.63, 3.8) is 0 Å². The van der Waals surface area contributed by atoms with Gasteiger partial charge in [0.2, 0.25) is 0 Å². The number of likely N-dealkylation sites (tertiary alicyclic amines) is 1. The van der Waals surface area contributed by atoms with Crippen LogP contribution in [0.15, 0.2) is 0 Å². The monoisotopic (exact) mass is 256 g/mol. The molecule has 2 N–H and O–H groups in total. The number of hydrogen-bond donors (Lipinski definition) is 2. The van der Waals surface area contributed by atoms with Crippen LogP contribution in [0.5, 0.6) is 0 Å². The van der Waals surface area contributed by atoms with Crippen molar-refractivity contribution in [2.75, 3.05) is 6.54 Å². The first-order chi connectivity index (χ1) is 8.45. The summed E-state index contributed by atoms with van der Waals surface area (Å²) in [5.41, 5.74) is -1.05. The molecule has 1 fully saturated rings. The highest BCUT2D eigenvalue weighted by Gasteiger charge is 2.46. The van der Waals surface area contributed by atoms with Gasteiger partial charge < -0.3 is 15.3 Å². The first kappa shape index (κ1) is 14.8. The molecule has 5 heteroatoms. The maximum Gasteiger partial charge on any atom is 0.329 e. The summed E-state index contributed by atoms with van der Waals surface area (Å²) >= 11 is 0. The number of carboxylic acid groups (broad SMARTS) is 1. The molecule has 104 valence electrons. The summed E-state index contributed by atoms with van der Waals surface area (Å²) in [7, 11) is 0. The third-order valence-electron chi connectivity index (χ3n) is 3.80. The molecular weight excluding hydrogens is 232 g/mol. The summed E-state index contributed by atoms with van der Waals surface area (Å²) in [6.07, 6.45) is 4.09. The first-order valence-electron chi connectivity index (χ1n) is 6.77. The Morgan fingerprint density at radius 3 is 2.61 bits per heavy atom. The average Bonchev–Trinajstić information content (AvgIpc) is 2.72. The highest BCUT2D eigenvalue weighted by molar-refractivity contribution is 5.86. The van der Waals surface area contributed by atoms with Crippen LogP contribution >= 0.6 is 0 Å². The number of rotatable bonds is 5. The summed E-state index contributed by atoms with van der Waals surface area (Å²) in [6, 6.07) is -0.0983. The lowest BCUT2D eigenvalue weighted by molar-refractivity contribution is -0.147. The summed E-state index contributed by atoms with van der Waals surface area (Å²) in [6.45, 7) is 6.26. The average molecular weight is 256 g/mol. The molecule has 1 heterocycles. The number of carbonyl (C=O) groups excluding carboxylic acids is 1. The quantitative estimate of drug-likeness (QED) is 0.792. The summed E-state index contributed by atoms with van der Waals surface area (Å²) in [5.74, 6) is -0.918. The summed E-state index contributed by atoms with van der Waals surface area (Å²) in [4.78, 5) is 24.9. The lowest BCUT2D eigenvalue weighted by Gasteiger charge is -2.32. The number of carboxylic acids is 1. The third-order valence-corrected chi connectivity index (χ3v) is 3.80. The van der Waals surface area contributed by atoms with Crippen molar-refractivity contribution < 1.29 is 14.7 Å². The molecule has 5 nitrogen and oxygen atoms in total. The van der Waals surface area contributed by atoms with E-state index in [1.165, 1.54) is 4.90 Å². The predicted molar refractivity (Wildman–Crippen MR) is 69.5 cm³/mol.